The average Bonchev–Trinajstić information content (AvgIpc) is 2.66. The Kier molecular flexibility index (Phi) is 5.32. The van der Waals surface area contributed by atoms with Gasteiger partial charge in [0, 0.05) is 40.7 Å². The molecule has 0 aromatic heterocycles. The van der Waals surface area contributed by atoms with Crippen LogP contribution in [-0.2, 0) is 19.6 Å². The Labute approximate surface area is 186 Å². The first-order valence-corrected chi connectivity index (χ1v) is 11.9. The molecule has 162 valence electrons. The minimum atomic E-state index is -3.84. The van der Waals surface area contributed by atoms with Gasteiger partial charge in [-0.2, -0.15) is 0 Å². The van der Waals surface area contributed by atoms with Gasteiger partial charge >= 0.3 is 0 Å². The van der Waals surface area contributed by atoms with Gasteiger partial charge in [-0.15, -0.1) is 0 Å². The molecule has 1 atom stereocenters. The van der Waals surface area contributed by atoms with E-state index in [4.69, 9.17) is 16.7 Å². The third kappa shape index (κ3) is 4.18. The molecule has 0 saturated carbocycles. The number of hydrogen-bond acceptors (Lipinski definition) is 4. The zero-order chi connectivity index (χ0) is 22.6. The van der Waals surface area contributed by atoms with E-state index < -0.39 is 10.0 Å². The number of carbonyl (C=O) groups is 2. The molecule has 6 nitrogen and oxygen atoms in total. The van der Waals surface area contributed by atoms with E-state index >= 15 is 0 Å². The summed E-state index contributed by atoms with van der Waals surface area (Å²) in [5.74, 6) is -0.444. The summed E-state index contributed by atoms with van der Waals surface area (Å²) in [4.78, 5) is 28.1. The Bertz CT molecular complexity index is 1200. The molecule has 2 aromatic rings. The number of benzene rings is 2. The standard InChI is InChI=1S/C23H23ClN2O4S/c1-23(2)12-19-22(20(27)13-23)18(14-3-5-15(24)6-4-14)11-21(28)26(19)16-7-9-17(10-8-16)31(25,29)30/h3-10,18H,11-13H2,1-2H3,(H2,25,29,30). The Balaban J connectivity index is 1.86. The van der Waals surface area contributed by atoms with E-state index in [1.807, 2.05) is 26.0 Å². The molecule has 2 N–H and O–H groups in total. The summed E-state index contributed by atoms with van der Waals surface area (Å²) in [5.41, 5.74) is 2.43. The van der Waals surface area contributed by atoms with Crippen molar-refractivity contribution in [1.82, 2.24) is 0 Å². The lowest BCUT2D eigenvalue weighted by Gasteiger charge is -2.43. The van der Waals surface area contributed by atoms with Crippen molar-refractivity contribution in [2.24, 2.45) is 10.6 Å². The molecule has 31 heavy (non-hydrogen) atoms. The highest BCUT2D eigenvalue weighted by Gasteiger charge is 2.44. The molecule has 0 saturated heterocycles. The molecular formula is C23H23ClN2O4S. The van der Waals surface area contributed by atoms with Crippen molar-refractivity contribution in [1.29, 1.82) is 0 Å². The van der Waals surface area contributed by atoms with Gasteiger partial charge in [0.05, 0.1) is 4.90 Å². The van der Waals surface area contributed by atoms with Gasteiger partial charge in [-0.3, -0.25) is 14.5 Å². The molecule has 0 spiro atoms. The maximum atomic E-state index is 13.3. The normalized spacial score (nSPS) is 21.3. The summed E-state index contributed by atoms with van der Waals surface area (Å²) in [6.45, 7) is 4.01. The van der Waals surface area contributed by atoms with Crippen LogP contribution in [0.5, 0.6) is 0 Å². The summed E-state index contributed by atoms with van der Waals surface area (Å²) < 4.78 is 23.2. The molecule has 8 heteroatoms. The molecule has 2 aliphatic rings. The highest BCUT2D eigenvalue weighted by Crippen LogP contribution is 2.48. The lowest BCUT2D eigenvalue weighted by Crippen LogP contribution is -2.43. The molecule has 1 aliphatic heterocycles. The molecule has 4 rings (SSSR count). The number of anilines is 1. The number of ketones is 1. The number of nitrogens with two attached hydrogens (primary N) is 1. The Hall–Kier alpha value is -2.48. The van der Waals surface area contributed by atoms with Gasteiger partial charge in [0.1, 0.15) is 0 Å². The van der Waals surface area contributed by atoms with E-state index in [-0.39, 0.29) is 34.3 Å². The molecule has 1 unspecified atom stereocenters. The smallest absolute Gasteiger partial charge is 0.238 e. The second-order valence-corrected chi connectivity index (χ2v) is 10.9. The summed E-state index contributed by atoms with van der Waals surface area (Å²) in [5, 5.41) is 5.78. The van der Waals surface area contributed by atoms with E-state index in [0.29, 0.717) is 34.8 Å². The molecule has 1 heterocycles. The Morgan fingerprint density at radius 3 is 2.19 bits per heavy atom. The van der Waals surface area contributed by atoms with Crippen molar-refractivity contribution in [3.05, 3.63) is 70.4 Å². The van der Waals surface area contributed by atoms with Crippen LogP contribution >= 0.6 is 11.6 Å². The van der Waals surface area contributed by atoms with Crippen LogP contribution in [-0.4, -0.2) is 20.1 Å². The van der Waals surface area contributed by atoms with Gasteiger partial charge < -0.3 is 0 Å². The number of halogens is 1. The quantitative estimate of drug-likeness (QED) is 0.746. The third-order valence-electron chi connectivity index (χ3n) is 5.84. The Morgan fingerprint density at radius 2 is 1.61 bits per heavy atom. The van der Waals surface area contributed by atoms with E-state index in [2.05, 4.69) is 0 Å². The summed E-state index contributed by atoms with van der Waals surface area (Å²) in [7, 11) is -3.84. The lowest BCUT2D eigenvalue weighted by atomic mass is 9.69. The van der Waals surface area contributed by atoms with E-state index in [1.165, 1.54) is 12.1 Å². The average molecular weight is 459 g/mol. The van der Waals surface area contributed by atoms with Crippen molar-refractivity contribution >= 4 is 39.0 Å². The fraction of sp³-hybridized carbons (Fsp3) is 0.304. The SMILES string of the molecule is CC1(C)CC(=O)C2=C(C1)N(c1ccc(S(N)(=O)=O)cc1)C(=O)CC2c1ccc(Cl)cc1. The van der Waals surface area contributed by atoms with E-state index in [0.717, 1.165) is 5.56 Å². The van der Waals surface area contributed by atoms with Crippen molar-refractivity contribution < 1.29 is 18.0 Å². The monoisotopic (exact) mass is 458 g/mol. The van der Waals surface area contributed by atoms with Gasteiger partial charge in [-0.05, 0) is 53.8 Å². The maximum Gasteiger partial charge on any atom is 0.238 e. The molecule has 0 radical (unpaired) electrons. The zero-order valence-electron chi connectivity index (χ0n) is 17.3. The number of amides is 1. The fourth-order valence-electron chi connectivity index (χ4n) is 4.48. The summed E-state index contributed by atoms with van der Waals surface area (Å²) >= 11 is 6.02. The van der Waals surface area contributed by atoms with Crippen LogP contribution in [0.2, 0.25) is 5.02 Å². The van der Waals surface area contributed by atoms with Crippen molar-refractivity contribution in [3.63, 3.8) is 0 Å². The largest absolute Gasteiger partial charge is 0.294 e. The summed E-state index contributed by atoms with van der Waals surface area (Å²) in [6, 6.07) is 13.1. The summed E-state index contributed by atoms with van der Waals surface area (Å²) in [6.07, 6.45) is 1.10. The number of hydrogen-bond donors (Lipinski definition) is 1. The van der Waals surface area contributed by atoms with Crippen LogP contribution in [0, 0.1) is 5.41 Å². The van der Waals surface area contributed by atoms with Gasteiger partial charge in [0.2, 0.25) is 15.9 Å². The van der Waals surface area contributed by atoms with Gasteiger partial charge in [0.15, 0.2) is 5.78 Å². The Morgan fingerprint density at radius 1 is 1.00 bits per heavy atom. The molecule has 2 aromatic carbocycles. The number of carbonyl (C=O) groups excluding carboxylic acids is 2. The number of rotatable bonds is 3. The minimum absolute atomic E-state index is 0.0323. The van der Waals surface area contributed by atoms with Crippen molar-refractivity contribution in [3.8, 4) is 0 Å². The van der Waals surface area contributed by atoms with Crippen LogP contribution in [0.1, 0.15) is 44.6 Å². The van der Waals surface area contributed by atoms with Gasteiger partial charge in [0.25, 0.3) is 0 Å². The predicted molar refractivity (Wildman–Crippen MR) is 119 cm³/mol. The van der Waals surface area contributed by atoms with Crippen molar-refractivity contribution in [2.45, 2.75) is 43.9 Å². The zero-order valence-corrected chi connectivity index (χ0v) is 18.8. The number of Topliss-reactive ketones (excluding diaryl/α,β-unsaturated/α-hetero) is 1. The number of primary sulfonamides is 1. The lowest BCUT2D eigenvalue weighted by molar-refractivity contribution is -0.121. The molecule has 0 bridgehead atoms. The van der Waals surface area contributed by atoms with Gasteiger partial charge in [-0.1, -0.05) is 37.6 Å². The maximum absolute atomic E-state index is 13.3. The van der Waals surface area contributed by atoms with Crippen LogP contribution in [0.3, 0.4) is 0 Å². The second-order valence-electron chi connectivity index (χ2n) is 8.88. The predicted octanol–water partition coefficient (Wildman–Crippen LogP) is 4.15. The fourth-order valence-corrected chi connectivity index (χ4v) is 5.12. The molecule has 0 fully saturated rings. The van der Waals surface area contributed by atoms with E-state index in [9.17, 15) is 18.0 Å². The van der Waals surface area contributed by atoms with Crippen LogP contribution in [0.4, 0.5) is 5.69 Å². The number of sulfonamides is 1. The van der Waals surface area contributed by atoms with Crippen LogP contribution < -0.4 is 10.0 Å². The number of nitrogens with zero attached hydrogens (tertiary/aromatic N) is 1. The van der Waals surface area contributed by atoms with Crippen LogP contribution in [0.15, 0.2) is 64.7 Å². The minimum Gasteiger partial charge on any atom is -0.294 e. The van der Waals surface area contributed by atoms with Crippen LogP contribution in [0.25, 0.3) is 0 Å². The highest BCUT2D eigenvalue weighted by molar-refractivity contribution is 7.89. The number of allylic oxidation sites excluding steroid dienone is 2. The van der Waals surface area contributed by atoms with E-state index in [1.54, 1.807) is 29.2 Å². The third-order valence-corrected chi connectivity index (χ3v) is 7.02. The van der Waals surface area contributed by atoms with Gasteiger partial charge in [-0.25, -0.2) is 13.6 Å². The first-order chi connectivity index (χ1) is 14.5. The molecule has 1 amide bonds. The second kappa shape index (κ2) is 7.58. The topological polar surface area (TPSA) is 97.5 Å². The first-order valence-electron chi connectivity index (χ1n) is 9.94. The molecular weight excluding hydrogens is 436 g/mol. The first kappa shape index (κ1) is 21.7. The highest BCUT2D eigenvalue weighted by atomic mass is 35.5. The van der Waals surface area contributed by atoms with Crippen molar-refractivity contribution in [2.75, 3.05) is 4.90 Å². The molecule has 1 aliphatic carbocycles.